The fraction of sp³-hybridized carbons (Fsp3) is 0.400. The highest BCUT2D eigenvalue weighted by atomic mass is 35.5. The third-order valence-corrected chi connectivity index (χ3v) is 7.41. The number of thioether (sulfide) groups is 1. The standard InChI is InChI=1S/C25H28ClFN6O2S/c1-7-19(34)31-11-15(5)32(12-14(31)4)23-16-10-17(27)22(26)29-24(16)33(25(35)30-23)21-18(36-6)8-9-28-20(21)13(2)3/h7-10,13-15H,1,11-12H2,2-6H3/t14-,15+/m1/s1. The van der Waals surface area contributed by atoms with Crippen LogP contribution in [0.4, 0.5) is 10.2 Å². The van der Waals surface area contributed by atoms with Crippen LogP contribution in [0.1, 0.15) is 39.3 Å². The minimum atomic E-state index is -0.709. The predicted molar refractivity (Wildman–Crippen MR) is 142 cm³/mol. The van der Waals surface area contributed by atoms with Gasteiger partial charge >= 0.3 is 5.69 Å². The van der Waals surface area contributed by atoms with Crippen molar-refractivity contribution < 1.29 is 9.18 Å². The monoisotopic (exact) mass is 530 g/mol. The average Bonchev–Trinajstić information content (AvgIpc) is 2.85. The van der Waals surface area contributed by atoms with Crippen molar-refractivity contribution in [2.24, 2.45) is 0 Å². The van der Waals surface area contributed by atoms with Gasteiger partial charge in [-0.3, -0.25) is 9.78 Å². The summed E-state index contributed by atoms with van der Waals surface area (Å²) in [6.07, 6.45) is 4.90. The number of nitrogens with zero attached hydrogens (tertiary/aromatic N) is 6. The van der Waals surface area contributed by atoms with E-state index in [4.69, 9.17) is 11.6 Å². The SMILES string of the molecule is C=CC(=O)N1C[C@H](C)N(c2nc(=O)n(-c3c(SC)ccnc3C(C)C)c3nc(Cl)c(F)cc23)C[C@H]1C. The van der Waals surface area contributed by atoms with Crippen LogP contribution in [-0.2, 0) is 4.79 Å². The van der Waals surface area contributed by atoms with Crippen molar-refractivity contribution in [2.45, 2.75) is 50.6 Å². The minimum absolute atomic E-state index is 0.000920. The number of pyridine rings is 2. The zero-order valence-corrected chi connectivity index (χ0v) is 22.4. The molecule has 0 aliphatic carbocycles. The van der Waals surface area contributed by atoms with Crippen molar-refractivity contribution >= 4 is 46.1 Å². The van der Waals surface area contributed by atoms with Crippen LogP contribution in [0.15, 0.2) is 40.7 Å². The summed E-state index contributed by atoms with van der Waals surface area (Å²) in [7, 11) is 0. The second-order valence-corrected chi connectivity index (χ2v) is 10.3. The summed E-state index contributed by atoms with van der Waals surface area (Å²) >= 11 is 7.59. The number of carbonyl (C=O) groups is 1. The van der Waals surface area contributed by atoms with Crippen molar-refractivity contribution in [2.75, 3.05) is 24.2 Å². The molecule has 0 bridgehead atoms. The average molecular weight is 531 g/mol. The van der Waals surface area contributed by atoms with Gasteiger partial charge in [0.15, 0.2) is 16.6 Å². The van der Waals surface area contributed by atoms with Gasteiger partial charge in [0.2, 0.25) is 5.91 Å². The Balaban J connectivity index is 1.99. The molecular weight excluding hydrogens is 503 g/mol. The molecule has 2 atom stereocenters. The maximum absolute atomic E-state index is 14.8. The van der Waals surface area contributed by atoms with Crippen molar-refractivity contribution in [3.8, 4) is 5.69 Å². The van der Waals surface area contributed by atoms with E-state index in [1.807, 2.05) is 44.9 Å². The first-order chi connectivity index (χ1) is 17.1. The van der Waals surface area contributed by atoms with Crippen LogP contribution in [0.5, 0.6) is 0 Å². The largest absolute Gasteiger partial charge is 0.355 e. The van der Waals surface area contributed by atoms with E-state index >= 15 is 0 Å². The lowest BCUT2D eigenvalue weighted by molar-refractivity contribution is -0.128. The molecule has 0 N–H and O–H groups in total. The molecule has 1 amide bonds. The number of halogens is 2. The van der Waals surface area contributed by atoms with Gasteiger partial charge in [0.1, 0.15) is 5.82 Å². The Morgan fingerprint density at radius 1 is 1.28 bits per heavy atom. The van der Waals surface area contributed by atoms with Gasteiger partial charge in [-0.15, -0.1) is 11.8 Å². The highest BCUT2D eigenvalue weighted by Crippen LogP contribution is 2.34. The Labute approximate surface area is 218 Å². The highest BCUT2D eigenvalue weighted by molar-refractivity contribution is 7.98. The first kappa shape index (κ1) is 26.1. The number of aromatic nitrogens is 4. The maximum Gasteiger partial charge on any atom is 0.355 e. The number of rotatable bonds is 5. The van der Waals surface area contributed by atoms with E-state index in [1.54, 1.807) is 11.1 Å². The summed E-state index contributed by atoms with van der Waals surface area (Å²) in [6, 6.07) is 2.72. The van der Waals surface area contributed by atoms with Gasteiger partial charge in [-0.05, 0) is 44.2 Å². The van der Waals surface area contributed by atoms with E-state index in [-0.39, 0.29) is 34.7 Å². The molecule has 3 aromatic rings. The Morgan fingerprint density at radius 3 is 2.64 bits per heavy atom. The smallest absolute Gasteiger partial charge is 0.349 e. The minimum Gasteiger partial charge on any atom is -0.349 e. The summed E-state index contributed by atoms with van der Waals surface area (Å²) in [5.74, 6) is -0.566. The van der Waals surface area contributed by atoms with Crippen LogP contribution in [0.3, 0.4) is 0 Å². The number of hydrogen-bond donors (Lipinski definition) is 0. The molecule has 3 aromatic heterocycles. The fourth-order valence-electron chi connectivity index (χ4n) is 4.61. The van der Waals surface area contributed by atoms with Crippen LogP contribution >= 0.6 is 23.4 Å². The van der Waals surface area contributed by atoms with Gasteiger partial charge in [0, 0.05) is 36.3 Å². The molecule has 1 saturated heterocycles. The molecule has 190 valence electrons. The lowest BCUT2D eigenvalue weighted by atomic mass is 10.1. The summed E-state index contributed by atoms with van der Waals surface area (Å²) in [5, 5.41) is 0.0148. The van der Waals surface area contributed by atoms with Crippen LogP contribution in [0.25, 0.3) is 16.7 Å². The molecule has 4 rings (SSSR count). The molecular formula is C25H28ClFN6O2S. The molecule has 0 aromatic carbocycles. The Kier molecular flexibility index (Phi) is 7.38. The van der Waals surface area contributed by atoms with E-state index in [2.05, 4.69) is 21.5 Å². The second kappa shape index (κ2) is 10.2. The summed E-state index contributed by atoms with van der Waals surface area (Å²) in [5.41, 5.74) is 0.890. The lowest BCUT2D eigenvalue weighted by Crippen LogP contribution is -2.58. The zero-order valence-electron chi connectivity index (χ0n) is 20.8. The van der Waals surface area contributed by atoms with E-state index in [9.17, 15) is 14.0 Å². The van der Waals surface area contributed by atoms with Crippen molar-refractivity contribution in [1.29, 1.82) is 0 Å². The number of anilines is 1. The normalized spacial score (nSPS) is 18.2. The fourth-order valence-corrected chi connectivity index (χ4v) is 5.33. The molecule has 0 saturated carbocycles. The summed E-state index contributed by atoms with van der Waals surface area (Å²) < 4.78 is 16.1. The van der Waals surface area contributed by atoms with E-state index < -0.39 is 11.5 Å². The molecule has 1 aliphatic rings. The van der Waals surface area contributed by atoms with E-state index in [0.717, 1.165) is 4.90 Å². The molecule has 1 aliphatic heterocycles. The third-order valence-electron chi connectivity index (χ3n) is 6.38. The quantitative estimate of drug-likeness (QED) is 0.274. The van der Waals surface area contributed by atoms with Crippen LogP contribution in [0, 0.1) is 5.82 Å². The Hall–Kier alpha value is -2.98. The maximum atomic E-state index is 14.8. The molecule has 8 nitrogen and oxygen atoms in total. The molecule has 4 heterocycles. The van der Waals surface area contributed by atoms with E-state index in [1.165, 1.54) is 28.5 Å². The summed E-state index contributed by atoms with van der Waals surface area (Å²) in [6.45, 7) is 12.2. The van der Waals surface area contributed by atoms with Crippen molar-refractivity contribution in [3.63, 3.8) is 0 Å². The van der Waals surface area contributed by atoms with Gasteiger partial charge in [0.25, 0.3) is 0 Å². The highest BCUT2D eigenvalue weighted by Gasteiger charge is 2.34. The van der Waals surface area contributed by atoms with Gasteiger partial charge < -0.3 is 9.80 Å². The molecule has 0 unspecified atom stereocenters. The number of hydrogen-bond acceptors (Lipinski definition) is 7. The second-order valence-electron chi connectivity index (χ2n) is 9.13. The first-order valence-corrected chi connectivity index (χ1v) is 13.2. The topological polar surface area (TPSA) is 84.2 Å². The number of piperazine rings is 1. The van der Waals surface area contributed by atoms with Crippen molar-refractivity contribution in [3.05, 3.63) is 58.1 Å². The number of fused-ring (bicyclic) bond motifs is 1. The lowest BCUT2D eigenvalue weighted by Gasteiger charge is -2.44. The molecule has 1 fully saturated rings. The Morgan fingerprint density at radius 2 is 2.00 bits per heavy atom. The van der Waals surface area contributed by atoms with Crippen LogP contribution in [-0.4, -0.2) is 61.8 Å². The Bertz CT molecular complexity index is 1410. The van der Waals surface area contributed by atoms with E-state index in [0.29, 0.717) is 35.7 Å². The first-order valence-electron chi connectivity index (χ1n) is 11.6. The molecule has 0 spiro atoms. The number of amides is 1. The van der Waals surface area contributed by atoms with Crippen molar-refractivity contribution in [1.82, 2.24) is 24.4 Å². The molecule has 36 heavy (non-hydrogen) atoms. The van der Waals surface area contributed by atoms with Gasteiger partial charge in [-0.1, -0.05) is 32.0 Å². The zero-order chi connectivity index (χ0) is 26.3. The molecule has 0 radical (unpaired) electrons. The third kappa shape index (κ3) is 4.48. The van der Waals surface area contributed by atoms with Gasteiger partial charge in [-0.2, -0.15) is 4.98 Å². The van der Waals surface area contributed by atoms with Gasteiger partial charge in [-0.25, -0.2) is 18.7 Å². The van der Waals surface area contributed by atoms with Crippen LogP contribution < -0.4 is 10.6 Å². The van der Waals surface area contributed by atoms with Crippen LogP contribution in [0.2, 0.25) is 5.15 Å². The summed E-state index contributed by atoms with van der Waals surface area (Å²) in [4.78, 5) is 43.7. The van der Waals surface area contributed by atoms with Gasteiger partial charge in [0.05, 0.1) is 16.8 Å². The predicted octanol–water partition coefficient (Wildman–Crippen LogP) is 4.43. The number of carbonyl (C=O) groups excluding carboxylic acids is 1. The molecule has 11 heteroatoms.